The molecule has 174 valence electrons. The van der Waals surface area contributed by atoms with Gasteiger partial charge in [0, 0.05) is 17.3 Å². The third-order valence-corrected chi connectivity index (χ3v) is 6.69. The summed E-state index contributed by atoms with van der Waals surface area (Å²) in [5.41, 5.74) is 10.8. The van der Waals surface area contributed by atoms with Crippen LogP contribution in [0.3, 0.4) is 0 Å². The van der Waals surface area contributed by atoms with Crippen LogP contribution >= 0.6 is 23.1 Å². The second kappa shape index (κ2) is 10.9. The number of rotatable bonds is 10. The van der Waals surface area contributed by atoms with Gasteiger partial charge in [0.1, 0.15) is 18.0 Å². The number of nitrogens with zero attached hydrogens (tertiary/aromatic N) is 4. The van der Waals surface area contributed by atoms with Crippen molar-refractivity contribution in [1.29, 1.82) is 0 Å². The fourth-order valence-corrected chi connectivity index (χ4v) is 5.02. The summed E-state index contributed by atoms with van der Waals surface area (Å²) >= 11 is 2.86. The highest BCUT2D eigenvalue weighted by Gasteiger charge is 2.12. The number of fused-ring (bicyclic) bond motifs is 1. The van der Waals surface area contributed by atoms with E-state index in [1.807, 2.05) is 55.5 Å². The van der Waals surface area contributed by atoms with E-state index in [9.17, 15) is 9.59 Å². The molecule has 0 saturated heterocycles. The molecule has 0 bridgehead atoms. The average Bonchev–Trinajstić information content (AvgIpc) is 3.41. The van der Waals surface area contributed by atoms with Crippen molar-refractivity contribution < 1.29 is 14.3 Å². The normalized spacial score (nSPS) is 11.2. The van der Waals surface area contributed by atoms with E-state index in [0.717, 1.165) is 25.9 Å². The zero-order valence-corrected chi connectivity index (χ0v) is 19.9. The molecule has 2 aromatic heterocycles. The van der Waals surface area contributed by atoms with Gasteiger partial charge in [-0.3, -0.25) is 14.3 Å². The molecule has 0 fully saturated rings. The number of primary amides is 1. The minimum atomic E-state index is -0.500. The third-order valence-electron chi connectivity index (χ3n) is 4.53. The first kappa shape index (κ1) is 23.5. The van der Waals surface area contributed by atoms with Crippen molar-refractivity contribution >= 4 is 51.3 Å². The van der Waals surface area contributed by atoms with Gasteiger partial charge in [0.25, 0.3) is 5.91 Å². The van der Waals surface area contributed by atoms with E-state index in [1.54, 1.807) is 6.20 Å². The van der Waals surface area contributed by atoms with Crippen molar-refractivity contribution in [3.8, 4) is 17.0 Å². The zero-order chi connectivity index (χ0) is 23.9. The molecule has 9 nitrogen and oxygen atoms in total. The second-order valence-electron chi connectivity index (χ2n) is 7.09. The van der Waals surface area contributed by atoms with Gasteiger partial charge in [-0.2, -0.15) is 10.2 Å². The number of nitrogens with two attached hydrogens (primary N) is 1. The van der Waals surface area contributed by atoms with Crippen LogP contribution in [-0.4, -0.2) is 45.2 Å². The maximum atomic E-state index is 12.3. The number of thioether (sulfide) groups is 1. The van der Waals surface area contributed by atoms with Crippen LogP contribution in [0.15, 0.2) is 64.2 Å². The third kappa shape index (κ3) is 6.00. The first-order valence-corrected chi connectivity index (χ1v) is 12.2. The number of benzene rings is 2. The molecule has 0 aliphatic heterocycles. The summed E-state index contributed by atoms with van der Waals surface area (Å²) in [6.45, 7) is 2.49. The van der Waals surface area contributed by atoms with Crippen molar-refractivity contribution in [2.24, 2.45) is 10.8 Å². The largest absolute Gasteiger partial charge is 0.494 e. The molecule has 0 unspecified atom stereocenters. The van der Waals surface area contributed by atoms with Crippen LogP contribution in [0.1, 0.15) is 12.5 Å². The molecule has 4 rings (SSSR count). The molecule has 2 amide bonds. The Bertz CT molecular complexity index is 1330. The number of ether oxygens (including phenoxy) is 1. The Balaban J connectivity index is 1.38. The van der Waals surface area contributed by atoms with Gasteiger partial charge in [0.15, 0.2) is 4.34 Å². The Morgan fingerprint density at radius 3 is 2.85 bits per heavy atom. The smallest absolute Gasteiger partial charge is 0.250 e. The van der Waals surface area contributed by atoms with E-state index in [1.165, 1.54) is 34.0 Å². The van der Waals surface area contributed by atoms with Gasteiger partial charge < -0.3 is 10.5 Å². The maximum absolute atomic E-state index is 12.3. The second-order valence-corrected chi connectivity index (χ2v) is 9.34. The number of hydrazone groups is 1. The first-order valence-electron chi connectivity index (χ1n) is 10.4. The predicted molar refractivity (Wildman–Crippen MR) is 134 cm³/mol. The highest BCUT2D eigenvalue weighted by atomic mass is 32.2. The molecule has 2 aromatic carbocycles. The van der Waals surface area contributed by atoms with Gasteiger partial charge in [0.05, 0.1) is 28.8 Å². The summed E-state index contributed by atoms with van der Waals surface area (Å²) < 4.78 is 8.78. The SMILES string of the molecule is CCOc1ccc2nc(SCC(=O)N/N=C\c3cn(CC(N)=O)nc3-c3ccccc3)sc2c1. The van der Waals surface area contributed by atoms with E-state index < -0.39 is 5.91 Å². The number of hydrogen-bond donors (Lipinski definition) is 2. The van der Waals surface area contributed by atoms with Crippen LogP contribution in [0, 0.1) is 0 Å². The molecular weight excluding hydrogens is 472 g/mol. The minimum Gasteiger partial charge on any atom is -0.494 e. The number of carbonyl (C=O) groups is 2. The van der Waals surface area contributed by atoms with Gasteiger partial charge in [-0.1, -0.05) is 42.1 Å². The minimum absolute atomic E-state index is 0.0507. The number of aromatic nitrogens is 3. The van der Waals surface area contributed by atoms with E-state index >= 15 is 0 Å². The van der Waals surface area contributed by atoms with Gasteiger partial charge in [-0.05, 0) is 25.1 Å². The van der Waals surface area contributed by atoms with Crippen molar-refractivity contribution in [3.63, 3.8) is 0 Å². The first-order chi connectivity index (χ1) is 16.5. The number of carbonyl (C=O) groups excluding carboxylic acids is 2. The Hall–Kier alpha value is -3.70. The molecule has 4 aromatic rings. The molecule has 0 aliphatic carbocycles. The lowest BCUT2D eigenvalue weighted by atomic mass is 10.1. The Morgan fingerprint density at radius 1 is 1.26 bits per heavy atom. The lowest BCUT2D eigenvalue weighted by Gasteiger charge is -2.00. The van der Waals surface area contributed by atoms with E-state index in [4.69, 9.17) is 10.5 Å². The van der Waals surface area contributed by atoms with E-state index in [0.29, 0.717) is 17.9 Å². The van der Waals surface area contributed by atoms with E-state index in [-0.39, 0.29) is 18.2 Å². The Labute approximate surface area is 204 Å². The van der Waals surface area contributed by atoms with Crippen LogP contribution in [-0.2, 0) is 16.1 Å². The van der Waals surface area contributed by atoms with Gasteiger partial charge in [-0.25, -0.2) is 10.4 Å². The van der Waals surface area contributed by atoms with Crippen LogP contribution in [0.25, 0.3) is 21.5 Å². The number of thiazole rings is 1. The van der Waals surface area contributed by atoms with Crippen LogP contribution < -0.4 is 15.9 Å². The number of amides is 2. The van der Waals surface area contributed by atoms with Crippen molar-refractivity contribution in [3.05, 3.63) is 60.3 Å². The van der Waals surface area contributed by atoms with Crippen LogP contribution in [0.4, 0.5) is 0 Å². The molecular formula is C23H22N6O3S2. The van der Waals surface area contributed by atoms with Crippen LogP contribution in [0.2, 0.25) is 0 Å². The fourth-order valence-electron chi connectivity index (χ4n) is 3.13. The standard InChI is InChI=1S/C23H22N6O3S2/c1-2-32-17-8-9-18-19(10-17)34-23(26-18)33-14-21(31)27-25-11-16-12-29(13-20(24)30)28-22(16)15-6-4-3-5-7-15/h3-12H,2,13-14H2,1H3,(H2,24,30)(H,27,31)/b25-11-. The summed E-state index contributed by atoms with van der Waals surface area (Å²) in [6.07, 6.45) is 3.16. The molecule has 0 aliphatic rings. The van der Waals surface area contributed by atoms with Gasteiger partial charge in [-0.15, -0.1) is 11.3 Å². The average molecular weight is 495 g/mol. The van der Waals surface area contributed by atoms with Gasteiger partial charge >= 0.3 is 0 Å². The summed E-state index contributed by atoms with van der Waals surface area (Å²) in [5.74, 6) is 0.208. The molecule has 0 radical (unpaired) electrons. The lowest BCUT2D eigenvalue weighted by Crippen LogP contribution is -2.19. The van der Waals surface area contributed by atoms with E-state index in [2.05, 4.69) is 20.6 Å². The highest BCUT2D eigenvalue weighted by molar-refractivity contribution is 8.01. The van der Waals surface area contributed by atoms with Crippen molar-refractivity contribution in [1.82, 2.24) is 20.2 Å². The monoisotopic (exact) mass is 494 g/mol. The highest BCUT2D eigenvalue weighted by Crippen LogP contribution is 2.31. The molecule has 11 heteroatoms. The molecule has 34 heavy (non-hydrogen) atoms. The molecule has 0 spiro atoms. The summed E-state index contributed by atoms with van der Waals surface area (Å²) in [4.78, 5) is 28.1. The topological polar surface area (TPSA) is 124 Å². The maximum Gasteiger partial charge on any atom is 0.250 e. The lowest BCUT2D eigenvalue weighted by molar-refractivity contribution is -0.119. The zero-order valence-electron chi connectivity index (χ0n) is 18.3. The number of hydrogen-bond acceptors (Lipinski definition) is 8. The van der Waals surface area contributed by atoms with Crippen molar-refractivity contribution in [2.45, 2.75) is 17.8 Å². The summed E-state index contributed by atoms with van der Waals surface area (Å²) in [5, 5.41) is 8.49. The summed E-state index contributed by atoms with van der Waals surface area (Å²) in [6, 6.07) is 15.2. The predicted octanol–water partition coefficient (Wildman–Crippen LogP) is 3.29. The Kier molecular flexibility index (Phi) is 7.55. The Morgan fingerprint density at radius 2 is 2.09 bits per heavy atom. The summed E-state index contributed by atoms with van der Waals surface area (Å²) in [7, 11) is 0. The number of nitrogens with one attached hydrogen (secondary N) is 1. The molecule has 2 heterocycles. The molecule has 3 N–H and O–H groups in total. The molecule has 0 saturated carbocycles. The van der Waals surface area contributed by atoms with Gasteiger partial charge in [0.2, 0.25) is 5.91 Å². The quantitative estimate of drug-likeness (QED) is 0.198. The van der Waals surface area contributed by atoms with Crippen LogP contribution in [0.5, 0.6) is 5.75 Å². The molecule has 0 atom stereocenters. The fraction of sp³-hybridized carbons (Fsp3) is 0.174. The van der Waals surface area contributed by atoms with Crippen molar-refractivity contribution in [2.75, 3.05) is 12.4 Å².